The third-order valence-electron chi connectivity index (χ3n) is 1.54. The van der Waals surface area contributed by atoms with Gasteiger partial charge in [-0.05, 0) is 51.3 Å². The van der Waals surface area contributed by atoms with E-state index in [4.69, 9.17) is 9.79 Å². The van der Waals surface area contributed by atoms with Crippen molar-refractivity contribution in [1.29, 1.82) is 0 Å². The molecule has 7 heteroatoms. The first-order valence-electron chi connectivity index (χ1n) is 4.61. The summed E-state index contributed by atoms with van der Waals surface area (Å²) >= 11 is 4.29. The molecule has 5 nitrogen and oxygen atoms in total. The number of rotatable bonds is 9. The lowest BCUT2D eigenvalue weighted by molar-refractivity contribution is 0.247. The Kier molecular flexibility index (Phi) is 9.01. The Morgan fingerprint density at radius 3 is 2.43 bits per heavy atom. The first-order chi connectivity index (χ1) is 6.56. The topological polar surface area (TPSA) is 73.8 Å². The Bertz CT molecular complexity index is 176. The zero-order valence-electron chi connectivity index (χ0n) is 8.40. The van der Waals surface area contributed by atoms with E-state index in [1.807, 2.05) is 7.05 Å². The highest BCUT2D eigenvalue weighted by atomic mass is 32.5. The van der Waals surface area contributed by atoms with Gasteiger partial charge in [-0.15, -0.1) is 0 Å². The van der Waals surface area contributed by atoms with Crippen molar-refractivity contribution < 1.29 is 14.3 Å². The molecule has 0 unspecified atom stereocenters. The quantitative estimate of drug-likeness (QED) is 0.331. The van der Waals surface area contributed by atoms with Crippen molar-refractivity contribution in [1.82, 2.24) is 10.6 Å². The van der Waals surface area contributed by atoms with E-state index in [2.05, 4.69) is 27.0 Å². The van der Waals surface area contributed by atoms with E-state index < -0.39 is 6.72 Å². The van der Waals surface area contributed by atoms with Gasteiger partial charge in [0.15, 0.2) is 0 Å². The van der Waals surface area contributed by atoms with Gasteiger partial charge in [-0.2, -0.15) is 0 Å². The van der Waals surface area contributed by atoms with Gasteiger partial charge in [-0.25, -0.2) is 0 Å². The number of hydrogen-bond donors (Lipinski definition) is 4. The number of hydrogen-bond acceptors (Lipinski definition) is 4. The molecule has 4 N–H and O–H groups in total. The smallest absolute Gasteiger partial charge is 0.321 e. The van der Waals surface area contributed by atoms with Crippen molar-refractivity contribution in [3.05, 3.63) is 0 Å². The fourth-order valence-electron chi connectivity index (χ4n) is 0.896. The van der Waals surface area contributed by atoms with Crippen molar-refractivity contribution in [2.45, 2.75) is 12.8 Å². The summed E-state index contributed by atoms with van der Waals surface area (Å²) in [6.07, 6.45) is 1.81. The van der Waals surface area contributed by atoms with Crippen molar-refractivity contribution in [2.75, 3.05) is 33.3 Å². The average molecular weight is 242 g/mol. The molecule has 0 aromatic heterocycles. The molecule has 0 fully saturated rings. The van der Waals surface area contributed by atoms with Gasteiger partial charge in [0, 0.05) is 0 Å². The van der Waals surface area contributed by atoms with E-state index in [0.29, 0.717) is 6.61 Å². The van der Waals surface area contributed by atoms with Gasteiger partial charge in [0.1, 0.15) is 0 Å². The summed E-state index contributed by atoms with van der Waals surface area (Å²) in [5, 5.41) is 6.25. The molecule has 0 spiro atoms. The van der Waals surface area contributed by atoms with Gasteiger partial charge in [0.05, 0.1) is 6.61 Å². The molecular weight excluding hydrogens is 223 g/mol. The van der Waals surface area contributed by atoms with Gasteiger partial charge in [-0.3, -0.25) is 0 Å². The normalized spacial score (nSPS) is 11.9. The largest absolute Gasteiger partial charge is 0.325 e. The van der Waals surface area contributed by atoms with Crippen LogP contribution in [0, 0.1) is 0 Å². The minimum absolute atomic E-state index is 0.295. The summed E-state index contributed by atoms with van der Waals surface area (Å²) in [5.41, 5.74) is 0. The molecule has 0 aromatic rings. The minimum atomic E-state index is -3.44. The molecule has 0 aliphatic rings. The van der Waals surface area contributed by atoms with Crippen LogP contribution in [0.5, 0.6) is 0 Å². The maximum atomic E-state index is 8.72. The van der Waals surface area contributed by atoms with Crippen LogP contribution < -0.4 is 10.6 Å². The Labute approximate surface area is 90.1 Å². The van der Waals surface area contributed by atoms with E-state index in [1.165, 1.54) is 0 Å². The molecule has 0 rings (SSSR count). The van der Waals surface area contributed by atoms with Crippen LogP contribution in [0.4, 0.5) is 0 Å². The highest BCUT2D eigenvalue weighted by Gasteiger charge is 2.05. The van der Waals surface area contributed by atoms with Gasteiger partial charge in [0.25, 0.3) is 0 Å². The second-order valence-corrected chi connectivity index (χ2v) is 5.55. The molecule has 86 valence electrons. The van der Waals surface area contributed by atoms with E-state index in [0.717, 1.165) is 32.5 Å². The summed E-state index contributed by atoms with van der Waals surface area (Å²) in [4.78, 5) is 17.4. The Morgan fingerprint density at radius 1 is 1.21 bits per heavy atom. The van der Waals surface area contributed by atoms with Crippen LogP contribution >= 0.6 is 6.72 Å². The van der Waals surface area contributed by atoms with E-state index in [-0.39, 0.29) is 0 Å². The van der Waals surface area contributed by atoms with E-state index >= 15 is 0 Å². The Hall–Kier alpha value is 0.450. The van der Waals surface area contributed by atoms with Gasteiger partial charge in [-0.1, -0.05) is 0 Å². The van der Waals surface area contributed by atoms with E-state index in [1.54, 1.807) is 0 Å². The highest BCUT2D eigenvalue weighted by molar-refractivity contribution is 8.06. The standard InChI is InChI=1S/C7H19N2O3PS/c1-8-4-2-5-9-6-3-7-12-13(10,11)14/h8-9H,2-7H2,1H3,(H2,10,11,14). The lowest BCUT2D eigenvalue weighted by Gasteiger charge is -2.08. The molecule has 0 atom stereocenters. The zero-order chi connectivity index (χ0) is 10.9. The third kappa shape index (κ3) is 12.4. The predicted molar refractivity (Wildman–Crippen MR) is 60.7 cm³/mol. The van der Waals surface area contributed by atoms with Gasteiger partial charge >= 0.3 is 6.72 Å². The second-order valence-electron chi connectivity index (χ2n) is 2.88. The van der Waals surface area contributed by atoms with Crippen molar-refractivity contribution in [3.63, 3.8) is 0 Å². The number of nitrogens with one attached hydrogen (secondary N) is 2. The molecule has 0 aliphatic heterocycles. The lowest BCUT2D eigenvalue weighted by atomic mass is 10.4. The first-order valence-corrected chi connectivity index (χ1v) is 7.24. The Balaban J connectivity index is 3.03. The predicted octanol–water partition coefficient (Wildman–Crippen LogP) is -0.199. The van der Waals surface area contributed by atoms with Crippen LogP contribution in [0.3, 0.4) is 0 Å². The summed E-state index contributed by atoms with van der Waals surface area (Å²) in [6.45, 7) is -0.388. The fourth-order valence-corrected chi connectivity index (χ4v) is 1.49. The van der Waals surface area contributed by atoms with Crippen molar-refractivity contribution in [3.8, 4) is 0 Å². The van der Waals surface area contributed by atoms with Crippen molar-refractivity contribution >= 4 is 18.5 Å². The second kappa shape index (κ2) is 8.73. The van der Waals surface area contributed by atoms with Crippen LogP contribution in [0.15, 0.2) is 0 Å². The third-order valence-corrected chi connectivity index (χ3v) is 2.37. The average Bonchev–Trinajstić information content (AvgIpc) is 2.08. The lowest BCUT2D eigenvalue weighted by Crippen LogP contribution is -2.21. The van der Waals surface area contributed by atoms with E-state index in [9.17, 15) is 0 Å². The summed E-state index contributed by atoms with van der Waals surface area (Å²) in [7, 11) is 1.92. The fraction of sp³-hybridized carbons (Fsp3) is 1.00. The monoisotopic (exact) mass is 242 g/mol. The summed E-state index contributed by atoms with van der Waals surface area (Å²) < 4.78 is 4.64. The molecule has 0 saturated heterocycles. The molecule has 0 bridgehead atoms. The molecule has 14 heavy (non-hydrogen) atoms. The van der Waals surface area contributed by atoms with Gasteiger partial charge < -0.3 is 24.9 Å². The van der Waals surface area contributed by atoms with Crippen LogP contribution in [0.2, 0.25) is 0 Å². The minimum Gasteiger partial charge on any atom is -0.325 e. The zero-order valence-corrected chi connectivity index (χ0v) is 10.1. The molecule has 0 aliphatic carbocycles. The highest BCUT2D eigenvalue weighted by Crippen LogP contribution is 2.35. The molecule has 0 heterocycles. The Morgan fingerprint density at radius 2 is 1.86 bits per heavy atom. The molecule has 0 amide bonds. The molecular formula is C7H19N2O3PS. The first kappa shape index (κ1) is 14.5. The molecule has 0 saturated carbocycles. The van der Waals surface area contributed by atoms with Gasteiger partial charge in [0.2, 0.25) is 0 Å². The van der Waals surface area contributed by atoms with Crippen LogP contribution in [-0.4, -0.2) is 43.1 Å². The van der Waals surface area contributed by atoms with Crippen LogP contribution in [0.1, 0.15) is 12.8 Å². The molecule has 0 radical (unpaired) electrons. The van der Waals surface area contributed by atoms with Crippen LogP contribution in [0.25, 0.3) is 0 Å². The van der Waals surface area contributed by atoms with Crippen molar-refractivity contribution in [2.24, 2.45) is 0 Å². The maximum absolute atomic E-state index is 8.72. The molecule has 0 aromatic carbocycles. The maximum Gasteiger partial charge on any atom is 0.321 e. The SMILES string of the molecule is CNCCCNCCCOP(O)(O)=S. The van der Waals surface area contributed by atoms with Crippen LogP contribution in [-0.2, 0) is 16.3 Å². The summed E-state index contributed by atoms with van der Waals surface area (Å²) in [5.74, 6) is 0. The summed E-state index contributed by atoms with van der Waals surface area (Å²) in [6, 6.07) is 0.